The molecule has 0 N–H and O–H groups in total. The van der Waals surface area contributed by atoms with Crippen molar-refractivity contribution >= 4 is 22.6 Å². The molecule has 0 saturated heterocycles. The van der Waals surface area contributed by atoms with Crippen LogP contribution in [0.4, 0.5) is 0 Å². The maximum Gasteiger partial charge on any atom is 0.0911 e. The average Bonchev–Trinajstić information content (AvgIpc) is 2.53. The number of rotatable bonds is 1. The largest absolute Gasteiger partial charge is 0.369 e. The first-order chi connectivity index (χ1) is 5.88. The van der Waals surface area contributed by atoms with Crippen LogP contribution < -0.4 is 0 Å². The zero-order chi connectivity index (χ0) is 8.39. The summed E-state index contributed by atoms with van der Waals surface area (Å²) >= 11 is 2.43. The minimum absolute atomic E-state index is 0.464. The van der Waals surface area contributed by atoms with Gasteiger partial charge in [-0.15, -0.1) is 0 Å². The number of ether oxygens (including phenoxy) is 1. The summed E-state index contributed by atoms with van der Waals surface area (Å²) in [6.45, 7) is 0.847. The van der Waals surface area contributed by atoms with E-state index in [0.717, 1.165) is 12.5 Å². The van der Waals surface area contributed by atoms with Gasteiger partial charge in [0.25, 0.3) is 0 Å². The summed E-state index contributed by atoms with van der Waals surface area (Å²) < 4.78 is 7.15. The smallest absolute Gasteiger partial charge is 0.0911 e. The Hall–Kier alpha value is 0.430. The first kappa shape index (κ1) is 9.00. The Morgan fingerprint density at radius 3 is 2.58 bits per heavy atom. The highest BCUT2D eigenvalue weighted by Crippen LogP contribution is 2.35. The highest BCUT2D eigenvalue weighted by atomic mass is 127. The molecule has 2 rings (SSSR count). The summed E-state index contributed by atoms with van der Waals surface area (Å²) in [5.74, 6) is 0.824. The molecule has 1 atom stereocenters. The van der Waals surface area contributed by atoms with Crippen LogP contribution >= 0.6 is 22.6 Å². The van der Waals surface area contributed by atoms with Crippen molar-refractivity contribution in [2.24, 2.45) is 5.92 Å². The van der Waals surface area contributed by atoms with Crippen molar-refractivity contribution in [3.63, 3.8) is 0 Å². The van der Waals surface area contributed by atoms with Crippen LogP contribution in [0.5, 0.6) is 0 Å². The average molecular weight is 278 g/mol. The lowest BCUT2D eigenvalue weighted by Crippen LogP contribution is -2.23. The third-order valence-corrected chi connectivity index (χ3v) is 3.96. The molecule has 1 nitrogen and oxygen atoms in total. The molecular formula is C10H15IO. The van der Waals surface area contributed by atoms with Gasteiger partial charge in [0.1, 0.15) is 0 Å². The van der Waals surface area contributed by atoms with Gasteiger partial charge in [-0.3, -0.25) is 0 Å². The SMILES string of the molecule is IC1=CCO[C@@H]1C1CCCCC1. The Labute approximate surface area is 87.7 Å². The molecule has 0 bridgehead atoms. The molecular weight excluding hydrogens is 263 g/mol. The fourth-order valence-corrected chi connectivity index (χ4v) is 3.09. The fourth-order valence-electron chi connectivity index (χ4n) is 2.23. The van der Waals surface area contributed by atoms with Crippen molar-refractivity contribution in [2.45, 2.75) is 38.2 Å². The van der Waals surface area contributed by atoms with Crippen molar-refractivity contribution in [3.05, 3.63) is 9.66 Å². The number of halogens is 1. The van der Waals surface area contributed by atoms with E-state index in [2.05, 4.69) is 28.7 Å². The molecule has 1 aliphatic heterocycles. The molecule has 0 amide bonds. The zero-order valence-electron chi connectivity index (χ0n) is 7.26. The standard InChI is InChI=1S/C10H15IO/c11-9-6-7-12-10(9)8-4-2-1-3-5-8/h6,8,10H,1-5,7H2/t10-/m1/s1. The summed E-state index contributed by atoms with van der Waals surface area (Å²) in [7, 11) is 0. The van der Waals surface area contributed by atoms with E-state index in [4.69, 9.17) is 4.74 Å². The zero-order valence-corrected chi connectivity index (χ0v) is 9.42. The molecule has 1 saturated carbocycles. The quantitative estimate of drug-likeness (QED) is 0.669. The molecule has 68 valence electrons. The van der Waals surface area contributed by atoms with Crippen LogP contribution in [-0.2, 0) is 4.74 Å². The maximum atomic E-state index is 5.70. The van der Waals surface area contributed by atoms with Crippen molar-refractivity contribution in [2.75, 3.05) is 6.61 Å². The van der Waals surface area contributed by atoms with Crippen LogP contribution in [0.25, 0.3) is 0 Å². The summed E-state index contributed by atoms with van der Waals surface area (Å²) in [5, 5.41) is 0. The van der Waals surface area contributed by atoms with Gasteiger partial charge in [0.15, 0.2) is 0 Å². The second kappa shape index (κ2) is 4.09. The van der Waals surface area contributed by atoms with Crippen molar-refractivity contribution in [3.8, 4) is 0 Å². The first-order valence-electron chi connectivity index (χ1n) is 4.85. The van der Waals surface area contributed by atoms with Crippen molar-refractivity contribution < 1.29 is 4.74 Å². The lowest BCUT2D eigenvalue weighted by atomic mass is 9.85. The summed E-state index contributed by atoms with van der Waals surface area (Å²) in [4.78, 5) is 0. The van der Waals surface area contributed by atoms with E-state index in [-0.39, 0.29) is 0 Å². The first-order valence-corrected chi connectivity index (χ1v) is 5.93. The van der Waals surface area contributed by atoms with Crippen LogP contribution in [0, 0.1) is 5.92 Å². The van der Waals surface area contributed by atoms with Gasteiger partial charge >= 0.3 is 0 Å². The van der Waals surface area contributed by atoms with Gasteiger partial charge in [-0.05, 0) is 47.4 Å². The molecule has 0 radical (unpaired) electrons. The van der Waals surface area contributed by atoms with E-state index < -0.39 is 0 Å². The van der Waals surface area contributed by atoms with Gasteiger partial charge in [0.2, 0.25) is 0 Å². The van der Waals surface area contributed by atoms with E-state index in [1.807, 2.05) is 0 Å². The molecule has 0 unspecified atom stereocenters. The number of hydrogen-bond acceptors (Lipinski definition) is 1. The van der Waals surface area contributed by atoms with E-state index in [1.165, 1.54) is 35.7 Å². The molecule has 1 heterocycles. The summed E-state index contributed by atoms with van der Waals surface area (Å²) in [6, 6.07) is 0. The van der Waals surface area contributed by atoms with Gasteiger partial charge < -0.3 is 4.74 Å². The molecule has 12 heavy (non-hydrogen) atoms. The second-order valence-corrected chi connectivity index (χ2v) is 4.99. The predicted molar refractivity (Wildman–Crippen MR) is 58.4 cm³/mol. The molecule has 0 aromatic heterocycles. The van der Waals surface area contributed by atoms with Crippen LogP contribution in [0.3, 0.4) is 0 Å². The lowest BCUT2D eigenvalue weighted by Gasteiger charge is -2.27. The Balaban J connectivity index is 1.94. The van der Waals surface area contributed by atoms with Crippen LogP contribution in [-0.4, -0.2) is 12.7 Å². The van der Waals surface area contributed by atoms with E-state index >= 15 is 0 Å². The molecule has 1 fully saturated rings. The number of hydrogen-bond donors (Lipinski definition) is 0. The highest BCUT2D eigenvalue weighted by molar-refractivity contribution is 14.1. The van der Waals surface area contributed by atoms with Crippen molar-refractivity contribution in [1.29, 1.82) is 0 Å². The van der Waals surface area contributed by atoms with Gasteiger partial charge in [0, 0.05) is 3.58 Å². The van der Waals surface area contributed by atoms with Gasteiger partial charge in [-0.25, -0.2) is 0 Å². The van der Waals surface area contributed by atoms with E-state index in [0.29, 0.717) is 6.10 Å². The topological polar surface area (TPSA) is 9.23 Å². The Morgan fingerprint density at radius 1 is 1.25 bits per heavy atom. The van der Waals surface area contributed by atoms with Crippen LogP contribution in [0.15, 0.2) is 9.66 Å². The lowest BCUT2D eigenvalue weighted by molar-refractivity contribution is 0.0639. The van der Waals surface area contributed by atoms with E-state index in [9.17, 15) is 0 Å². The maximum absolute atomic E-state index is 5.70. The predicted octanol–water partition coefficient (Wildman–Crippen LogP) is 3.28. The van der Waals surface area contributed by atoms with Crippen molar-refractivity contribution in [1.82, 2.24) is 0 Å². The molecule has 0 spiro atoms. The molecule has 0 aromatic rings. The third kappa shape index (κ3) is 1.84. The molecule has 0 aromatic carbocycles. The Bertz CT molecular complexity index is 182. The minimum atomic E-state index is 0.464. The van der Waals surface area contributed by atoms with Gasteiger partial charge in [0.05, 0.1) is 12.7 Å². The Morgan fingerprint density at radius 2 is 2.00 bits per heavy atom. The normalized spacial score (nSPS) is 32.1. The van der Waals surface area contributed by atoms with Gasteiger partial charge in [-0.2, -0.15) is 0 Å². The fraction of sp³-hybridized carbons (Fsp3) is 0.800. The molecule has 1 aliphatic carbocycles. The second-order valence-electron chi connectivity index (χ2n) is 3.74. The monoisotopic (exact) mass is 278 g/mol. The van der Waals surface area contributed by atoms with Crippen LogP contribution in [0.1, 0.15) is 32.1 Å². The highest BCUT2D eigenvalue weighted by Gasteiger charge is 2.28. The van der Waals surface area contributed by atoms with E-state index in [1.54, 1.807) is 0 Å². The molecule has 2 aliphatic rings. The molecule has 2 heteroatoms. The van der Waals surface area contributed by atoms with Gasteiger partial charge in [-0.1, -0.05) is 19.3 Å². The summed E-state index contributed by atoms with van der Waals surface area (Å²) in [5.41, 5.74) is 0. The minimum Gasteiger partial charge on any atom is -0.369 e. The third-order valence-electron chi connectivity index (χ3n) is 2.90. The van der Waals surface area contributed by atoms with Crippen LogP contribution in [0.2, 0.25) is 0 Å². The Kier molecular flexibility index (Phi) is 3.07. The summed E-state index contributed by atoms with van der Waals surface area (Å²) in [6.07, 6.45) is 9.70.